The molecule has 7 nitrogen and oxygen atoms in total. The van der Waals surface area contributed by atoms with Crippen molar-refractivity contribution in [2.45, 2.75) is 64.8 Å². The lowest BCUT2D eigenvalue weighted by molar-refractivity contribution is -0.163. The number of hydrogen-bond donors (Lipinski definition) is 1. The zero-order valence-electron chi connectivity index (χ0n) is 18.1. The van der Waals surface area contributed by atoms with E-state index < -0.39 is 11.6 Å². The van der Waals surface area contributed by atoms with Crippen molar-refractivity contribution in [3.8, 4) is 17.2 Å². The Hall–Kier alpha value is -2.38. The van der Waals surface area contributed by atoms with E-state index in [1.807, 2.05) is 31.2 Å². The first-order valence-electron chi connectivity index (χ1n) is 10.4. The van der Waals surface area contributed by atoms with Crippen molar-refractivity contribution >= 4 is 5.97 Å². The number of aryl methyl sites for hydroxylation is 1. The van der Waals surface area contributed by atoms with Gasteiger partial charge in [0.05, 0.1) is 26.4 Å². The van der Waals surface area contributed by atoms with E-state index in [0.717, 1.165) is 48.5 Å². The van der Waals surface area contributed by atoms with Crippen molar-refractivity contribution in [2.75, 3.05) is 13.7 Å². The van der Waals surface area contributed by atoms with Gasteiger partial charge >= 0.3 is 5.97 Å². The molecule has 1 aromatic heterocycles. The third kappa shape index (κ3) is 5.61. The molecule has 1 aromatic carbocycles. The van der Waals surface area contributed by atoms with E-state index in [2.05, 4.69) is 4.98 Å². The predicted molar refractivity (Wildman–Crippen MR) is 111 cm³/mol. The Labute approximate surface area is 177 Å². The number of aromatic nitrogens is 1. The molecule has 0 unspecified atom stereocenters. The van der Waals surface area contributed by atoms with Gasteiger partial charge in [-0.25, -0.2) is 9.78 Å². The average molecular weight is 418 g/mol. The minimum Gasteiger partial charge on any atom is -0.497 e. The summed E-state index contributed by atoms with van der Waals surface area (Å²) in [6.45, 7) is 5.89. The zero-order valence-corrected chi connectivity index (χ0v) is 18.1. The first kappa shape index (κ1) is 22.3. The Bertz CT molecular complexity index is 842. The molecule has 1 heterocycles. The molecule has 1 fully saturated rings. The highest BCUT2D eigenvalue weighted by atomic mass is 16.5. The van der Waals surface area contributed by atoms with Gasteiger partial charge in [-0.15, -0.1) is 0 Å². The first-order valence-corrected chi connectivity index (χ1v) is 10.4. The molecule has 30 heavy (non-hydrogen) atoms. The fourth-order valence-electron chi connectivity index (χ4n) is 3.55. The summed E-state index contributed by atoms with van der Waals surface area (Å²) in [6, 6.07) is 7.58. The fourth-order valence-corrected chi connectivity index (χ4v) is 3.55. The number of rotatable bonds is 9. The first-order chi connectivity index (χ1) is 14.3. The second kappa shape index (κ2) is 9.62. The monoisotopic (exact) mass is 417 g/mol. The van der Waals surface area contributed by atoms with Gasteiger partial charge in [0.25, 0.3) is 0 Å². The van der Waals surface area contributed by atoms with E-state index in [1.54, 1.807) is 21.0 Å². The number of hydrogen-bond acceptors (Lipinski definition) is 6. The summed E-state index contributed by atoms with van der Waals surface area (Å²) >= 11 is 0. The standard InChI is InChI=1S/C23H31NO6/c1-15-20(24-21(30-15)17-8-10-18(27-4)11-9-17)14-28-19-7-5-6-16(12-19)13-29-23(2,3)22(25)26/h8-11,16,19H,5-7,12-14H2,1-4H3,(H,25,26)/t16-,19+/m1/s1. The molecule has 0 saturated heterocycles. The van der Waals surface area contributed by atoms with Crippen molar-refractivity contribution in [2.24, 2.45) is 5.92 Å². The summed E-state index contributed by atoms with van der Waals surface area (Å²) in [7, 11) is 1.63. The molecule has 2 atom stereocenters. The number of nitrogens with zero attached hydrogens (tertiary/aromatic N) is 1. The van der Waals surface area contributed by atoms with Gasteiger partial charge in [-0.05, 0) is 70.2 Å². The Kier molecular flexibility index (Phi) is 7.15. The Balaban J connectivity index is 1.53. The van der Waals surface area contributed by atoms with Gasteiger partial charge in [0, 0.05) is 5.56 Å². The number of oxazole rings is 1. The summed E-state index contributed by atoms with van der Waals surface area (Å²) in [5.41, 5.74) is 0.524. The lowest BCUT2D eigenvalue weighted by Gasteiger charge is -2.31. The molecule has 1 saturated carbocycles. The normalized spacial score (nSPS) is 19.6. The Morgan fingerprint density at radius 3 is 2.67 bits per heavy atom. The van der Waals surface area contributed by atoms with Crippen LogP contribution in [0.4, 0.5) is 0 Å². The van der Waals surface area contributed by atoms with E-state index in [4.69, 9.17) is 18.6 Å². The molecule has 3 rings (SSSR count). The van der Waals surface area contributed by atoms with Crippen molar-refractivity contribution in [3.05, 3.63) is 35.7 Å². The topological polar surface area (TPSA) is 91.0 Å². The number of methoxy groups -OCH3 is 1. The Morgan fingerprint density at radius 1 is 1.27 bits per heavy atom. The van der Waals surface area contributed by atoms with Gasteiger partial charge in [0.15, 0.2) is 5.60 Å². The van der Waals surface area contributed by atoms with Crippen LogP contribution >= 0.6 is 0 Å². The van der Waals surface area contributed by atoms with Crippen LogP contribution in [0.1, 0.15) is 51.0 Å². The maximum Gasteiger partial charge on any atom is 0.335 e. The van der Waals surface area contributed by atoms with Crippen LogP contribution < -0.4 is 4.74 Å². The summed E-state index contributed by atoms with van der Waals surface area (Å²) in [5.74, 6) is 1.46. The van der Waals surface area contributed by atoms with Crippen LogP contribution in [-0.4, -0.2) is 41.5 Å². The number of carboxylic acids is 1. The highest BCUT2D eigenvalue weighted by Gasteiger charge is 2.31. The van der Waals surface area contributed by atoms with E-state index in [0.29, 0.717) is 25.0 Å². The minimum atomic E-state index is -1.16. The molecule has 7 heteroatoms. The van der Waals surface area contributed by atoms with Crippen LogP contribution in [0.5, 0.6) is 5.75 Å². The SMILES string of the molecule is COc1ccc(-c2nc(CO[C@H]3CCC[C@@H](COC(C)(C)C(=O)O)C3)c(C)o2)cc1. The smallest absolute Gasteiger partial charge is 0.335 e. The number of ether oxygens (including phenoxy) is 3. The number of benzene rings is 1. The third-order valence-corrected chi connectivity index (χ3v) is 5.62. The minimum absolute atomic E-state index is 0.112. The quantitative estimate of drug-likeness (QED) is 0.637. The molecule has 0 amide bonds. The molecule has 1 aliphatic carbocycles. The number of aliphatic carboxylic acids is 1. The van der Waals surface area contributed by atoms with Gasteiger partial charge in [0.1, 0.15) is 17.2 Å². The second-order valence-corrected chi connectivity index (χ2v) is 8.34. The van der Waals surface area contributed by atoms with E-state index in [1.165, 1.54) is 0 Å². The van der Waals surface area contributed by atoms with Crippen LogP contribution in [0.3, 0.4) is 0 Å². The van der Waals surface area contributed by atoms with Gasteiger partial charge in [-0.1, -0.05) is 6.42 Å². The Morgan fingerprint density at radius 2 is 2.00 bits per heavy atom. The molecule has 0 radical (unpaired) electrons. The summed E-state index contributed by atoms with van der Waals surface area (Å²) in [4.78, 5) is 15.8. The highest BCUT2D eigenvalue weighted by Crippen LogP contribution is 2.29. The molecule has 0 spiro atoms. The molecule has 164 valence electrons. The predicted octanol–water partition coefficient (Wildman–Crippen LogP) is 4.61. The fraction of sp³-hybridized carbons (Fsp3) is 0.565. The summed E-state index contributed by atoms with van der Waals surface area (Å²) < 4.78 is 22.8. The zero-order chi connectivity index (χ0) is 21.7. The highest BCUT2D eigenvalue weighted by molar-refractivity contribution is 5.76. The van der Waals surface area contributed by atoms with Gasteiger partial charge in [0.2, 0.25) is 5.89 Å². The largest absolute Gasteiger partial charge is 0.497 e. The van der Waals surface area contributed by atoms with E-state index in [-0.39, 0.29) is 6.10 Å². The number of carboxylic acid groups (broad SMARTS) is 1. The molecule has 1 aliphatic rings. The maximum absolute atomic E-state index is 11.2. The van der Waals surface area contributed by atoms with Crippen LogP contribution in [0.25, 0.3) is 11.5 Å². The van der Waals surface area contributed by atoms with Gasteiger partial charge < -0.3 is 23.7 Å². The lowest BCUT2D eigenvalue weighted by atomic mass is 9.87. The van der Waals surface area contributed by atoms with Crippen LogP contribution in [-0.2, 0) is 20.9 Å². The molecule has 0 bridgehead atoms. The average Bonchev–Trinajstić information content (AvgIpc) is 3.11. The maximum atomic E-state index is 11.2. The van der Waals surface area contributed by atoms with E-state index >= 15 is 0 Å². The van der Waals surface area contributed by atoms with E-state index in [9.17, 15) is 9.90 Å². The van der Waals surface area contributed by atoms with Gasteiger partial charge in [-0.3, -0.25) is 0 Å². The molecular weight excluding hydrogens is 386 g/mol. The summed E-state index contributed by atoms with van der Waals surface area (Å²) in [6.07, 6.45) is 4.03. The van der Waals surface area contributed by atoms with Crippen molar-refractivity contribution in [3.63, 3.8) is 0 Å². The van der Waals surface area contributed by atoms with Crippen LogP contribution in [0.2, 0.25) is 0 Å². The third-order valence-electron chi connectivity index (χ3n) is 5.62. The van der Waals surface area contributed by atoms with Crippen LogP contribution in [0, 0.1) is 12.8 Å². The van der Waals surface area contributed by atoms with Crippen molar-refractivity contribution in [1.29, 1.82) is 0 Å². The summed E-state index contributed by atoms with van der Waals surface area (Å²) in [5, 5.41) is 9.20. The molecule has 0 aliphatic heterocycles. The molecular formula is C23H31NO6. The van der Waals surface area contributed by atoms with Crippen molar-refractivity contribution in [1.82, 2.24) is 4.98 Å². The number of carbonyl (C=O) groups is 1. The van der Waals surface area contributed by atoms with Crippen molar-refractivity contribution < 1.29 is 28.5 Å². The second-order valence-electron chi connectivity index (χ2n) is 8.34. The van der Waals surface area contributed by atoms with Crippen LogP contribution in [0.15, 0.2) is 28.7 Å². The molecule has 1 N–H and O–H groups in total. The molecule has 2 aromatic rings. The lowest BCUT2D eigenvalue weighted by Crippen LogP contribution is -2.37. The van der Waals surface area contributed by atoms with Gasteiger partial charge in [-0.2, -0.15) is 0 Å².